The molecule has 0 bridgehead atoms. The second kappa shape index (κ2) is 3.27. The van der Waals surface area contributed by atoms with Crippen molar-refractivity contribution in [3.63, 3.8) is 0 Å². The highest BCUT2D eigenvalue weighted by Gasteiger charge is 2.30. The first-order chi connectivity index (χ1) is 6.27. The van der Waals surface area contributed by atoms with Crippen LogP contribution in [-0.2, 0) is 0 Å². The van der Waals surface area contributed by atoms with Crippen molar-refractivity contribution in [3.8, 4) is 0 Å². The molecule has 1 aliphatic heterocycles. The van der Waals surface area contributed by atoms with Crippen molar-refractivity contribution in [2.24, 2.45) is 0 Å². The van der Waals surface area contributed by atoms with Gasteiger partial charge in [-0.3, -0.25) is 0 Å². The highest BCUT2D eigenvalue weighted by molar-refractivity contribution is 5.38. The van der Waals surface area contributed by atoms with Crippen LogP contribution in [0.15, 0.2) is 12.1 Å². The van der Waals surface area contributed by atoms with Gasteiger partial charge in [0.1, 0.15) is 6.20 Å². The molecule has 13 heavy (non-hydrogen) atoms. The minimum atomic E-state index is -0.689. The topological polar surface area (TPSA) is 69.5 Å². The second-order valence-corrected chi connectivity index (χ2v) is 3.06. The van der Waals surface area contributed by atoms with Crippen molar-refractivity contribution in [1.29, 1.82) is 0 Å². The predicted octanol–water partition coefficient (Wildman–Crippen LogP) is -1.18. The molecule has 2 heterocycles. The maximum absolute atomic E-state index is 9.28. The van der Waals surface area contributed by atoms with E-state index in [1.165, 1.54) is 0 Å². The van der Waals surface area contributed by atoms with E-state index in [0.717, 1.165) is 0 Å². The van der Waals surface area contributed by atoms with Crippen LogP contribution < -0.4 is 4.90 Å². The van der Waals surface area contributed by atoms with E-state index in [2.05, 4.69) is 16.4 Å². The van der Waals surface area contributed by atoms with E-state index in [1.54, 1.807) is 17.0 Å². The maximum atomic E-state index is 9.28. The summed E-state index contributed by atoms with van der Waals surface area (Å²) < 4.78 is 0. The smallest absolute Gasteiger partial charge is 0.151 e. The molecule has 0 aliphatic carbocycles. The van der Waals surface area contributed by atoms with Gasteiger partial charge in [-0.15, -0.1) is 10.2 Å². The minimum absolute atomic E-state index is 0.403. The van der Waals surface area contributed by atoms with Gasteiger partial charge in [-0.1, -0.05) is 0 Å². The fourth-order valence-electron chi connectivity index (χ4n) is 1.38. The van der Waals surface area contributed by atoms with Crippen molar-refractivity contribution >= 4 is 5.82 Å². The Morgan fingerprint density at radius 1 is 1.38 bits per heavy atom. The molecule has 1 radical (unpaired) electrons. The lowest BCUT2D eigenvalue weighted by Crippen LogP contribution is -2.22. The summed E-state index contributed by atoms with van der Waals surface area (Å²) in [4.78, 5) is 1.79. The van der Waals surface area contributed by atoms with Gasteiger partial charge in [0.25, 0.3) is 0 Å². The molecule has 5 nitrogen and oxygen atoms in total. The number of hydrogen-bond acceptors (Lipinski definition) is 5. The first-order valence-electron chi connectivity index (χ1n) is 4.08. The van der Waals surface area contributed by atoms with E-state index in [9.17, 15) is 10.2 Å². The minimum Gasteiger partial charge on any atom is -0.389 e. The number of anilines is 1. The van der Waals surface area contributed by atoms with Crippen LogP contribution in [0.3, 0.4) is 0 Å². The third-order valence-electron chi connectivity index (χ3n) is 2.10. The van der Waals surface area contributed by atoms with Crippen LogP contribution in [0, 0.1) is 6.20 Å². The number of hydrogen-bond donors (Lipinski definition) is 2. The van der Waals surface area contributed by atoms with Crippen molar-refractivity contribution in [2.45, 2.75) is 12.2 Å². The Morgan fingerprint density at radius 2 is 2.08 bits per heavy atom. The van der Waals surface area contributed by atoms with Gasteiger partial charge in [-0.25, -0.2) is 0 Å². The summed E-state index contributed by atoms with van der Waals surface area (Å²) in [6.07, 6.45) is 1.19. The molecule has 1 saturated heterocycles. The van der Waals surface area contributed by atoms with Gasteiger partial charge in [-0.05, 0) is 12.1 Å². The number of β-amino-alcohol motifs (C(OH)–C–C–N with tert-alkyl or cyclic N) is 2. The van der Waals surface area contributed by atoms with E-state index in [0.29, 0.717) is 18.9 Å². The predicted molar refractivity (Wildman–Crippen MR) is 45.1 cm³/mol. The molecular weight excluding hydrogens is 170 g/mol. The molecule has 0 aromatic carbocycles. The van der Waals surface area contributed by atoms with Gasteiger partial charge < -0.3 is 15.1 Å². The molecule has 1 aromatic rings. The Morgan fingerprint density at radius 3 is 2.62 bits per heavy atom. The Hall–Kier alpha value is -1.20. The Kier molecular flexibility index (Phi) is 2.12. The van der Waals surface area contributed by atoms with Gasteiger partial charge in [0.2, 0.25) is 0 Å². The molecular formula is C8H10N3O2. The van der Waals surface area contributed by atoms with Crippen molar-refractivity contribution in [3.05, 3.63) is 18.3 Å². The normalized spacial score (nSPS) is 28.0. The van der Waals surface area contributed by atoms with Gasteiger partial charge in [0.15, 0.2) is 5.82 Å². The average molecular weight is 180 g/mol. The largest absolute Gasteiger partial charge is 0.389 e. The highest BCUT2D eigenvalue weighted by Crippen LogP contribution is 2.16. The third-order valence-corrected chi connectivity index (χ3v) is 2.10. The molecule has 69 valence electrons. The molecule has 1 aliphatic rings. The Balaban J connectivity index is 2.12. The maximum Gasteiger partial charge on any atom is 0.151 e. The highest BCUT2D eigenvalue weighted by atomic mass is 16.3. The standard InChI is InChI=1S/C8H10N3O2/c12-6-4-11(5-7(6)13)8-2-1-3-9-10-8/h1-2,6-7,12-13H,4-5H2/t6-,7-/m1/s1. The Bertz CT molecular complexity index is 270. The molecule has 2 N–H and O–H groups in total. The molecule has 0 amide bonds. The van der Waals surface area contributed by atoms with Crippen LogP contribution in [0.1, 0.15) is 0 Å². The molecule has 0 unspecified atom stereocenters. The zero-order valence-corrected chi connectivity index (χ0v) is 6.96. The fraction of sp³-hybridized carbons (Fsp3) is 0.500. The lowest BCUT2D eigenvalue weighted by Gasteiger charge is -2.14. The molecule has 0 spiro atoms. The SMILES string of the molecule is O[C@@H]1CN(c2cc[c]nn2)C[C@H]1O. The molecule has 0 saturated carbocycles. The fourth-order valence-corrected chi connectivity index (χ4v) is 1.38. The van der Waals surface area contributed by atoms with E-state index < -0.39 is 12.2 Å². The summed E-state index contributed by atoms with van der Waals surface area (Å²) in [5, 5.41) is 26.0. The van der Waals surface area contributed by atoms with Crippen LogP contribution in [0.25, 0.3) is 0 Å². The number of rotatable bonds is 1. The van der Waals surface area contributed by atoms with Gasteiger partial charge in [0.05, 0.1) is 12.2 Å². The summed E-state index contributed by atoms with van der Waals surface area (Å²) >= 11 is 0. The van der Waals surface area contributed by atoms with Crippen molar-refractivity contribution in [1.82, 2.24) is 10.2 Å². The quantitative estimate of drug-likeness (QED) is 0.569. The van der Waals surface area contributed by atoms with Crippen LogP contribution >= 0.6 is 0 Å². The summed E-state index contributed by atoms with van der Waals surface area (Å²) in [5.41, 5.74) is 0. The molecule has 1 fully saturated rings. The van der Waals surface area contributed by atoms with Crippen molar-refractivity contribution in [2.75, 3.05) is 18.0 Å². The van der Waals surface area contributed by atoms with Gasteiger partial charge >= 0.3 is 0 Å². The second-order valence-electron chi connectivity index (χ2n) is 3.06. The first-order valence-corrected chi connectivity index (χ1v) is 4.08. The molecule has 2 atom stereocenters. The van der Waals surface area contributed by atoms with Crippen LogP contribution in [0.4, 0.5) is 5.82 Å². The average Bonchev–Trinajstić information content (AvgIpc) is 2.49. The van der Waals surface area contributed by atoms with E-state index in [1.807, 2.05) is 0 Å². The van der Waals surface area contributed by atoms with E-state index in [-0.39, 0.29) is 0 Å². The molecule has 5 heteroatoms. The first kappa shape index (κ1) is 8.40. The summed E-state index contributed by atoms with van der Waals surface area (Å²) in [5.74, 6) is 0.661. The number of aromatic nitrogens is 2. The van der Waals surface area contributed by atoms with Crippen LogP contribution in [0.2, 0.25) is 0 Å². The monoisotopic (exact) mass is 180 g/mol. The molecule has 2 rings (SSSR count). The number of aliphatic hydroxyl groups excluding tert-OH is 2. The summed E-state index contributed by atoms with van der Waals surface area (Å²) in [6.45, 7) is 0.805. The van der Waals surface area contributed by atoms with Crippen molar-refractivity contribution < 1.29 is 10.2 Å². The zero-order chi connectivity index (χ0) is 9.26. The third kappa shape index (κ3) is 1.61. The Labute approximate surface area is 75.6 Å². The van der Waals surface area contributed by atoms with Crippen LogP contribution in [0.5, 0.6) is 0 Å². The molecule has 1 aromatic heterocycles. The lowest BCUT2D eigenvalue weighted by atomic mass is 10.3. The zero-order valence-electron chi connectivity index (χ0n) is 6.96. The lowest BCUT2D eigenvalue weighted by molar-refractivity contribution is 0.0572. The number of nitrogens with zero attached hydrogens (tertiary/aromatic N) is 3. The van der Waals surface area contributed by atoms with Crippen LogP contribution in [-0.4, -0.2) is 45.7 Å². The van der Waals surface area contributed by atoms with E-state index >= 15 is 0 Å². The summed E-state index contributed by atoms with van der Waals surface area (Å²) in [7, 11) is 0. The van der Waals surface area contributed by atoms with Gasteiger partial charge in [0, 0.05) is 13.1 Å². The van der Waals surface area contributed by atoms with E-state index in [4.69, 9.17) is 0 Å². The summed E-state index contributed by atoms with van der Waals surface area (Å²) in [6, 6.07) is 3.40. The number of aliphatic hydroxyl groups is 2. The van der Waals surface area contributed by atoms with Gasteiger partial charge in [-0.2, -0.15) is 0 Å².